The summed E-state index contributed by atoms with van der Waals surface area (Å²) in [6.45, 7) is 1.49. The molecule has 144 valence electrons. The number of fused-ring (bicyclic) bond motifs is 1. The molecule has 2 fully saturated rings. The number of nitrogens with zero attached hydrogens (tertiary/aromatic N) is 2. The summed E-state index contributed by atoms with van der Waals surface area (Å²) < 4.78 is 0. The van der Waals surface area contributed by atoms with Crippen molar-refractivity contribution in [2.75, 3.05) is 6.54 Å². The van der Waals surface area contributed by atoms with E-state index < -0.39 is 0 Å². The van der Waals surface area contributed by atoms with Gasteiger partial charge in [0.2, 0.25) is 5.91 Å². The maximum absolute atomic E-state index is 13.4. The first-order valence-electron chi connectivity index (χ1n) is 10.5. The maximum Gasteiger partial charge on any atom is 0.254 e. The maximum atomic E-state index is 13.4. The highest BCUT2D eigenvalue weighted by Crippen LogP contribution is 2.42. The van der Waals surface area contributed by atoms with E-state index in [-0.39, 0.29) is 17.9 Å². The number of amides is 2. The molecule has 2 aromatic rings. The van der Waals surface area contributed by atoms with Gasteiger partial charge in [-0.1, -0.05) is 36.4 Å². The van der Waals surface area contributed by atoms with Crippen molar-refractivity contribution < 1.29 is 9.59 Å². The predicted octanol–water partition coefficient (Wildman–Crippen LogP) is 4.10. The molecule has 1 saturated carbocycles. The van der Waals surface area contributed by atoms with Gasteiger partial charge in [-0.2, -0.15) is 0 Å². The third kappa shape index (κ3) is 3.21. The minimum absolute atomic E-state index is 0.146. The Bertz CT molecular complexity index is 901. The lowest BCUT2D eigenvalue weighted by Crippen LogP contribution is -2.36. The van der Waals surface area contributed by atoms with E-state index in [9.17, 15) is 9.59 Å². The number of carbonyl (C=O) groups excluding carboxylic acids is 2. The lowest BCUT2D eigenvalue weighted by molar-refractivity contribution is -0.128. The standard InChI is InChI=1S/C24H26N2O2/c27-23-6-3-15-25(23)16-17-7-9-19(10-8-17)24(28)26(20-12-13-20)22-14-11-18-4-1-2-5-21(18)22/h1-2,4-5,7-10,20,22H,3,6,11-16H2. The molecule has 0 radical (unpaired) electrons. The fourth-order valence-electron chi connectivity index (χ4n) is 4.73. The van der Waals surface area contributed by atoms with Crippen LogP contribution >= 0.6 is 0 Å². The highest BCUT2D eigenvalue weighted by atomic mass is 16.2. The Morgan fingerprint density at radius 3 is 2.50 bits per heavy atom. The average Bonchev–Trinajstić information content (AvgIpc) is 3.34. The van der Waals surface area contributed by atoms with E-state index in [1.807, 2.05) is 29.2 Å². The summed E-state index contributed by atoms with van der Waals surface area (Å²) in [5.41, 5.74) is 4.56. The second kappa shape index (κ2) is 7.08. The van der Waals surface area contributed by atoms with Crippen molar-refractivity contribution in [1.29, 1.82) is 0 Å². The van der Waals surface area contributed by atoms with Crippen LogP contribution in [0.3, 0.4) is 0 Å². The average molecular weight is 374 g/mol. The van der Waals surface area contributed by atoms with Crippen LogP contribution in [-0.4, -0.2) is 34.2 Å². The van der Waals surface area contributed by atoms with Gasteiger partial charge in [0.1, 0.15) is 0 Å². The highest BCUT2D eigenvalue weighted by Gasteiger charge is 2.40. The van der Waals surface area contributed by atoms with Crippen LogP contribution < -0.4 is 0 Å². The lowest BCUT2D eigenvalue weighted by atomic mass is 10.0. The SMILES string of the molecule is O=C1CCCN1Cc1ccc(C(=O)N(C2CC2)C2CCc3ccccc32)cc1. The summed E-state index contributed by atoms with van der Waals surface area (Å²) in [4.78, 5) is 29.3. The Hall–Kier alpha value is -2.62. The molecule has 4 heteroatoms. The lowest BCUT2D eigenvalue weighted by Gasteiger charge is -2.30. The molecule has 1 saturated heterocycles. The van der Waals surface area contributed by atoms with Crippen LogP contribution in [0.4, 0.5) is 0 Å². The van der Waals surface area contributed by atoms with Crippen LogP contribution in [0, 0.1) is 0 Å². The zero-order valence-corrected chi connectivity index (χ0v) is 16.1. The molecule has 2 aromatic carbocycles. The van der Waals surface area contributed by atoms with Gasteiger partial charge in [-0.25, -0.2) is 0 Å². The molecule has 2 aliphatic carbocycles. The molecule has 2 amide bonds. The molecule has 1 atom stereocenters. The Morgan fingerprint density at radius 2 is 1.79 bits per heavy atom. The summed E-state index contributed by atoms with van der Waals surface area (Å²) in [6.07, 6.45) is 5.92. The summed E-state index contributed by atoms with van der Waals surface area (Å²) in [5.74, 6) is 0.382. The number of carbonyl (C=O) groups is 2. The Balaban J connectivity index is 1.35. The van der Waals surface area contributed by atoms with Gasteiger partial charge in [-0.05, 0) is 60.9 Å². The first-order valence-corrected chi connectivity index (χ1v) is 10.5. The first kappa shape index (κ1) is 17.5. The molecule has 0 bridgehead atoms. The van der Waals surface area contributed by atoms with Crippen LogP contribution in [0.2, 0.25) is 0 Å². The van der Waals surface area contributed by atoms with Gasteiger partial charge < -0.3 is 9.80 Å². The third-order valence-electron chi connectivity index (χ3n) is 6.36. The number of aryl methyl sites for hydroxylation is 1. The fraction of sp³-hybridized carbons (Fsp3) is 0.417. The Labute approximate surface area is 166 Å². The second-order valence-electron chi connectivity index (χ2n) is 8.31. The van der Waals surface area contributed by atoms with E-state index in [1.165, 1.54) is 11.1 Å². The van der Waals surface area contributed by atoms with Crippen LogP contribution in [0.25, 0.3) is 0 Å². The Morgan fingerprint density at radius 1 is 1.00 bits per heavy atom. The third-order valence-corrected chi connectivity index (χ3v) is 6.36. The van der Waals surface area contributed by atoms with Gasteiger partial charge in [0.05, 0.1) is 6.04 Å². The van der Waals surface area contributed by atoms with Crippen molar-refractivity contribution in [1.82, 2.24) is 9.80 Å². The molecule has 5 rings (SSSR count). The number of benzene rings is 2. The minimum atomic E-state index is 0.146. The van der Waals surface area contributed by atoms with E-state index in [4.69, 9.17) is 0 Å². The number of hydrogen-bond acceptors (Lipinski definition) is 2. The molecular formula is C24H26N2O2. The quantitative estimate of drug-likeness (QED) is 0.790. The normalized spacial score (nSPS) is 21.1. The van der Waals surface area contributed by atoms with Crippen LogP contribution in [0.5, 0.6) is 0 Å². The van der Waals surface area contributed by atoms with E-state index >= 15 is 0 Å². The monoisotopic (exact) mass is 374 g/mol. The van der Waals surface area contributed by atoms with Crippen LogP contribution in [-0.2, 0) is 17.8 Å². The van der Waals surface area contributed by atoms with Gasteiger partial charge in [0.15, 0.2) is 0 Å². The van der Waals surface area contributed by atoms with Crippen LogP contribution in [0.1, 0.15) is 65.2 Å². The van der Waals surface area contributed by atoms with E-state index in [1.54, 1.807) is 0 Å². The minimum Gasteiger partial charge on any atom is -0.338 e. The van der Waals surface area contributed by atoms with Gasteiger partial charge in [-0.15, -0.1) is 0 Å². The van der Waals surface area contributed by atoms with Crippen molar-refractivity contribution in [2.45, 2.75) is 57.2 Å². The second-order valence-corrected chi connectivity index (χ2v) is 8.31. The summed E-state index contributed by atoms with van der Waals surface area (Å²) in [5, 5.41) is 0. The Kier molecular flexibility index (Phi) is 4.42. The van der Waals surface area contributed by atoms with E-state index in [2.05, 4.69) is 29.2 Å². The van der Waals surface area contributed by atoms with Gasteiger partial charge in [-0.3, -0.25) is 9.59 Å². The molecule has 1 unspecified atom stereocenters. The predicted molar refractivity (Wildman–Crippen MR) is 108 cm³/mol. The number of rotatable bonds is 5. The topological polar surface area (TPSA) is 40.6 Å². The molecule has 1 aliphatic heterocycles. The molecule has 0 spiro atoms. The summed E-state index contributed by atoms with van der Waals surface area (Å²) >= 11 is 0. The van der Waals surface area contributed by atoms with Gasteiger partial charge in [0, 0.05) is 31.1 Å². The van der Waals surface area contributed by atoms with Crippen molar-refractivity contribution in [2.24, 2.45) is 0 Å². The van der Waals surface area contributed by atoms with Crippen molar-refractivity contribution in [3.63, 3.8) is 0 Å². The smallest absolute Gasteiger partial charge is 0.254 e. The molecule has 0 aromatic heterocycles. The van der Waals surface area contributed by atoms with Crippen molar-refractivity contribution in [3.8, 4) is 0 Å². The van der Waals surface area contributed by atoms with Gasteiger partial charge >= 0.3 is 0 Å². The van der Waals surface area contributed by atoms with Crippen molar-refractivity contribution in [3.05, 3.63) is 70.8 Å². The zero-order chi connectivity index (χ0) is 19.1. The first-order chi connectivity index (χ1) is 13.7. The molecule has 3 aliphatic rings. The molecule has 1 heterocycles. The van der Waals surface area contributed by atoms with E-state index in [0.29, 0.717) is 19.0 Å². The molecule has 0 N–H and O–H groups in total. The summed E-state index contributed by atoms with van der Waals surface area (Å²) in [6, 6.07) is 17.0. The molecule has 4 nitrogen and oxygen atoms in total. The van der Waals surface area contributed by atoms with Crippen LogP contribution in [0.15, 0.2) is 48.5 Å². The number of hydrogen-bond donors (Lipinski definition) is 0. The highest BCUT2D eigenvalue weighted by molar-refractivity contribution is 5.95. The zero-order valence-electron chi connectivity index (χ0n) is 16.1. The summed E-state index contributed by atoms with van der Waals surface area (Å²) in [7, 11) is 0. The van der Waals surface area contributed by atoms with E-state index in [0.717, 1.165) is 49.8 Å². The van der Waals surface area contributed by atoms with Crippen molar-refractivity contribution >= 4 is 11.8 Å². The molecular weight excluding hydrogens is 348 g/mol. The fourth-order valence-corrected chi connectivity index (χ4v) is 4.73. The molecule has 28 heavy (non-hydrogen) atoms. The number of likely N-dealkylation sites (tertiary alicyclic amines) is 1. The largest absolute Gasteiger partial charge is 0.338 e. The van der Waals surface area contributed by atoms with Gasteiger partial charge in [0.25, 0.3) is 5.91 Å².